The number of halogens is 1. The highest BCUT2D eigenvalue weighted by Gasteiger charge is 2.20. The van der Waals surface area contributed by atoms with Crippen molar-refractivity contribution >= 4 is 45.2 Å². The van der Waals surface area contributed by atoms with Crippen LogP contribution in [0.4, 0.5) is 10.3 Å². The first kappa shape index (κ1) is 21.5. The number of aromatic nitrogens is 2. The lowest BCUT2D eigenvalue weighted by atomic mass is 10.0. The molecular weight excluding hydrogens is 430 g/mol. The molecule has 0 spiro atoms. The molecule has 1 saturated heterocycles. The first-order chi connectivity index (χ1) is 15.2. The van der Waals surface area contributed by atoms with Gasteiger partial charge in [0, 0.05) is 36.8 Å². The molecule has 4 rings (SSSR count). The molecule has 0 radical (unpaired) electrons. The van der Waals surface area contributed by atoms with Crippen LogP contribution in [0.2, 0.25) is 5.02 Å². The molecule has 0 bridgehead atoms. The lowest BCUT2D eigenvalue weighted by molar-refractivity contribution is -0.111. The summed E-state index contributed by atoms with van der Waals surface area (Å²) in [4.78, 5) is 14.6. The summed E-state index contributed by atoms with van der Waals surface area (Å²) in [7, 11) is 0. The lowest BCUT2D eigenvalue weighted by Crippen LogP contribution is -2.38. The van der Waals surface area contributed by atoms with Crippen LogP contribution < -0.4 is 10.6 Å². The van der Waals surface area contributed by atoms with E-state index in [-0.39, 0.29) is 5.91 Å². The molecule has 160 valence electrons. The minimum Gasteiger partial charge on any atom is -0.357 e. The van der Waals surface area contributed by atoms with Gasteiger partial charge in [-0.3, -0.25) is 15.0 Å². The van der Waals surface area contributed by atoms with E-state index in [0.717, 1.165) is 43.2 Å². The summed E-state index contributed by atoms with van der Waals surface area (Å²) < 4.78 is 0. The van der Waals surface area contributed by atoms with Gasteiger partial charge in [-0.25, -0.2) is 0 Å². The molecule has 1 fully saturated rings. The number of benzene rings is 2. The minimum absolute atomic E-state index is 0.267. The van der Waals surface area contributed by atoms with Crippen molar-refractivity contribution in [2.45, 2.75) is 25.4 Å². The number of rotatable bonds is 7. The van der Waals surface area contributed by atoms with Crippen molar-refractivity contribution in [1.82, 2.24) is 15.1 Å². The Kier molecular flexibility index (Phi) is 7.30. The van der Waals surface area contributed by atoms with Gasteiger partial charge in [0.2, 0.25) is 16.2 Å². The Morgan fingerprint density at radius 1 is 1.06 bits per heavy atom. The Balaban J connectivity index is 1.23. The van der Waals surface area contributed by atoms with Gasteiger partial charge in [-0.15, -0.1) is 10.2 Å². The fourth-order valence-corrected chi connectivity index (χ4v) is 4.43. The second-order valence-corrected chi connectivity index (χ2v) is 8.82. The average Bonchev–Trinajstić information content (AvgIpc) is 3.22. The molecule has 0 saturated carbocycles. The second kappa shape index (κ2) is 10.5. The van der Waals surface area contributed by atoms with Crippen molar-refractivity contribution in [3.63, 3.8) is 0 Å². The van der Waals surface area contributed by atoms with Gasteiger partial charge in [-0.05, 0) is 36.1 Å². The number of piperidine rings is 1. The average molecular weight is 454 g/mol. The molecule has 31 heavy (non-hydrogen) atoms. The zero-order valence-electron chi connectivity index (χ0n) is 17.0. The van der Waals surface area contributed by atoms with Crippen molar-refractivity contribution < 1.29 is 4.79 Å². The Bertz CT molecular complexity index is 1030. The predicted molar refractivity (Wildman–Crippen MR) is 127 cm³/mol. The van der Waals surface area contributed by atoms with Crippen LogP contribution in [0, 0.1) is 0 Å². The third-order valence-electron chi connectivity index (χ3n) is 5.14. The number of nitrogens with one attached hydrogen (secondary N) is 2. The number of amides is 1. The van der Waals surface area contributed by atoms with Gasteiger partial charge in [-0.1, -0.05) is 71.5 Å². The zero-order valence-corrected chi connectivity index (χ0v) is 18.6. The number of likely N-dealkylation sites (tertiary alicyclic amines) is 1. The maximum Gasteiger partial charge on any atom is 0.250 e. The fourth-order valence-electron chi connectivity index (χ4n) is 3.51. The molecule has 1 aliphatic heterocycles. The largest absolute Gasteiger partial charge is 0.357 e. The summed E-state index contributed by atoms with van der Waals surface area (Å²) >= 11 is 7.44. The molecule has 2 aromatic carbocycles. The Morgan fingerprint density at radius 3 is 2.55 bits per heavy atom. The number of hydrogen-bond donors (Lipinski definition) is 2. The molecule has 1 aliphatic rings. The fraction of sp³-hybridized carbons (Fsp3) is 0.261. The SMILES string of the molecule is O=C(/C=C/c1ccccc1Cl)Nc1nnc(NC2CCN(Cc3ccccc3)CC2)s1. The monoisotopic (exact) mass is 453 g/mol. The molecule has 2 N–H and O–H groups in total. The van der Waals surface area contributed by atoms with Crippen LogP contribution >= 0.6 is 22.9 Å². The van der Waals surface area contributed by atoms with Crippen molar-refractivity contribution in [1.29, 1.82) is 0 Å². The van der Waals surface area contributed by atoms with Crippen molar-refractivity contribution in [2.75, 3.05) is 23.7 Å². The molecule has 0 aliphatic carbocycles. The van der Waals surface area contributed by atoms with Crippen LogP contribution in [0.25, 0.3) is 6.08 Å². The first-order valence-electron chi connectivity index (χ1n) is 10.3. The summed E-state index contributed by atoms with van der Waals surface area (Å²) in [6, 6.07) is 18.3. The van der Waals surface area contributed by atoms with E-state index < -0.39 is 0 Å². The van der Waals surface area contributed by atoms with Crippen LogP contribution in [0.1, 0.15) is 24.0 Å². The molecule has 6 nitrogen and oxygen atoms in total. The Hall–Kier alpha value is -2.74. The summed E-state index contributed by atoms with van der Waals surface area (Å²) in [6.45, 7) is 3.08. The zero-order chi connectivity index (χ0) is 21.5. The Labute approximate surface area is 191 Å². The van der Waals surface area contributed by atoms with Crippen LogP contribution in [0.3, 0.4) is 0 Å². The number of nitrogens with zero attached hydrogens (tertiary/aromatic N) is 3. The third-order valence-corrected chi connectivity index (χ3v) is 6.25. The molecule has 3 aromatic rings. The third kappa shape index (κ3) is 6.37. The lowest BCUT2D eigenvalue weighted by Gasteiger charge is -2.32. The van der Waals surface area contributed by atoms with E-state index in [9.17, 15) is 4.79 Å². The molecule has 0 atom stereocenters. The molecular formula is C23H24ClN5OS. The van der Waals surface area contributed by atoms with Crippen LogP contribution in [0.15, 0.2) is 60.7 Å². The van der Waals surface area contributed by atoms with Gasteiger partial charge in [0.15, 0.2) is 0 Å². The summed E-state index contributed by atoms with van der Waals surface area (Å²) in [5.74, 6) is -0.267. The maximum atomic E-state index is 12.2. The second-order valence-electron chi connectivity index (χ2n) is 7.44. The number of carbonyl (C=O) groups is 1. The molecule has 1 aromatic heterocycles. The summed E-state index contributed by atoms with van der Waals surface area (Å²) in [5.41, 5.74) is 2.14. The maximum absolute atomic E-state index is 12.2. The standard InChI is InChI=1S/C23H24ClN5OS/c24-20-9-5-4-8-18(20)10-11-21(30)26-23-28-27-22(31-23)25-19-12-14-29(15-13-19)16-17-6-2-1-3-7-17/h1-11,19H,12-16H2,(H,25,27)(H,26,28,30)/b11-10+. The van der Waals surface area contributed by atoms with E-state index in [4.69, 9.17) is 11.6 Å². The van der Waals surface area contributed by atoms with E-state index in [2.05, 4.69) is 50.0 Å². The predicted octanol–water partition coefficient (Wildman–Crippen LogP) is 4.92. The van der Waals surface area contributed by atoms with E-state index >= 15 is 0 Å². The van der Waals surface area contributed by atoms with Crippen LogP contribution in [-0.2, 0) is 11.3 Å². The van der Waals surface area contributed by atoms with Gasteiger partial charge >= 0.3 is 0 Å². The van der Waals surface area contributed by atoms with Crippen molar-refractivity contribution in [3.8, 4) is 0 Å². The smallest absolute Gasteiger partial charge is 0.250 e. The van der Waals surface area contributed by atoms with Crippen LogP contribution in [0.5, 0.6) is 0 Å². The van der Waals surface area contributed by atoms with Gasteiger partial charge in [0.25, 0.3) is 0 Å². The quantitative estimate of drug-likeness (QED) is 0.497. The Morgan fingerprint density at radius 2 is 1.77 bits per heavy atom. The topological polar surface area (TPSA) is 70.1 Å². The highest BCUT2D eigenvalue weighted by atomic mass is 35.5. The number of hydrogen-bond acceptors (Lipinski definition) is 6. The molecule has 0 unspecified atom stereocenters. The molecule has 8 heteroatoms. The van der Waals surface area contributed by atoms with Gasteiger partial charge in [-0.2, -0.15) is 0 Å². The van der Waals surface area contributed by atoms with Gasteiger partial charge in [0.05, 0.1) is 0 Å². The minimum atomic E-state index is -0.267. The number of anilines is 2. The highest BCUT2D eigenvalue weighted by molar-refractivity contribution is 7.19. The van der Waals surface area contributed by atoms with Gasteiger partial charge in [0.1, 0.15) is 0 Å². The van der Waals surface area contributed by atoms with E-state index in [0.29, 0.717) is 16.2 Å². The first-order valence-corrected chi connectivity index (χ1v) is 11.4. The number of carbonyl (C=O) groups excluding carboxylic acids is 1. The molecule has 1 amide bonds. The summed E-state index contributed by atoms with van der Waals surface area (Å²) in [5, 5.41) is 16.2. The van der Waals surface area contributed by atoms with Gasteiger partial charge < -0.3 is 5.32 Å². The van der Waals surface area contributed by atoms with E-state index in [1.807, 2.05) is 24.3 Å². The van der Waals surface area contributed by atoms with Crippen molar-refractivity contribution in [2.24, 2.45) is 0 Å². The highest BCUT2D eigenvalue weighted by Crippen LogP contribution is 2.24. The normalized spacial score (nSPS) is 15.3. The van der Waals surface area contributed by atoms with E-state index in [1.165, 1.54) is 23.0 Å². The summed E-state index contributed by atoms with van der Waals surface area (Å²) in [6.07, 6.45) is 5.22. The van der Waals surface area contributed by atoms with E-state index in [1.54, 1.807) is 12.1 Å². The van der Waals surface area contributed by atoms with Crippen LogP contribution in [-0.4, -0.2) is 40.1 Å². The molecule has 2 heterocycles. The van der Waals surface area contributed by atoms with Crippen molar-refractivity contribution in [3.05, 3.63) is 76.8 Å².